The van der Waals surface area contributed by atoms with Crippen molar-refractivity contribution in [2.45, 2.75) is 25.3 Å². The first kappa shape index (κ1) is 20.0. The van der Waals surface area contributed by atoms with Crippen LogP contribution in [0.25, 0.3) is 11.1 Å². The zero-order valence-electron chi connectivity index (χ0n) is 14.7. The molecule has 138 valence electrons. The zero-order chi connectivity index (χ0) is 19.1. The lowest BCUT2D eigenvalue weighted by Gasteiger charge is -2.18. The predicted octanol–water partition coefficient (Wildman–Crippen LogP) is 3.92. The zero-order valence-corrected chi connectivity index (χ0v) is 15.6. The molecule has 0 heterocycles. The molecular weight excluding hydrogens is 353 g/mol. The van der Waals surface area contributed by atoms with Crippen molar-refractivity contribution < 1.29 is 19.1 Å². The van der Waals surface area contributed by atoms with Crippen LogP contribution in [0.15, 0.2) is 48.5 Å². The Morgan fingerprint density at radius 2 is 1.88 bits per heavy atom. The highest BCUT2D eigenvalue weighted by atomic mass is 32.2. The number of benzene rings is 2. The highest BCUT2D eigenvalue weighted by Crippen LogP contribution is 2.26. The van der Waals surface area contributed by atoms with E-state index in [0.717, 1.165) is 5.56 Å². The van der Waals surface area contributed by atoms with Gasteiger partial charge in [0.15, 0.2) is 0 Å². The number of thioether (sulfide) groups is 1. The van der Waals surface area contributed by atoms with Gasteiger partial charge in [-0.15, -0.1) is 0 Å². The molecule has 0 saturated heterocycles. The van der Waals surface area contributed by atoms with Gasteiger partial charge in [-0.3, -0.25) is 4.79 Å². The molecule has 2 N–H and O–H groups in total. The molecule has 26 heavy (non-hydrogen) atoms. The van der Waals surface area contributed by atoms with Gasteiger partial charge in [0.2, 0.25) is 5.91 Å². The summed E-state index contributed by atoms with van der Waals surface area (Å²) >= 11 is 1.52. The highest BCUT2D eigenvalue weighted by molar-refractivity contribution is 7.98. The van der Waals surface area contributed by atoms with Crippen LogP contribution in [-0.2, 0) is 9.59 Å². The Morgan fingerprint density at radius 3 is 2.46 bits per heavy atom. The molecule has 0 aliphatic rings. The number of amides is 1. The van der Waals surface area contributed by atoms with Crippen LogP contribution in [0, 0.1) is 5.82 Å². The molecule has 0 radical (unpaired) electrons. The van der Waals surface area contributed by atoms with Crippen molar-refractivity contribution in [3.05, 3.63) is 59.9 Å². The third kappa shape index (κ3) is 5.08. The van der Waals surface area contributed by atoms with Gasteiger partial charge in [-0.1, -0.05) is 42.5 Å². The van der Waals surface area contributed by atoms with Crippen LogP contribution in [-0.4, -0.2) is 35.0 Å². The maximum absolute atomic E-state index is 14.5. The first-order chi connectivity index (χ1) is 12.4. The standard InChI is InChI=1S/C20H22FNO3S/c1-13(19(23)22-18(20(24)25)10-11-26-2)15-8-9-16(17(21)12-15)14-6-4-3-5-7-14/h3-9,12-13,18H,10-11H2,1-2H3,(H,22,23)(H,24,25)/t13?,18-/m0/s1. The van der Waals surface area contributed by atoms with Gasteiger partial charge in [0.25, 0.3) is 0 Å². The van der Waals surface area contributed by atoms with Crippen LogP contribution in [0.2, 0.25) is 0 Å². The molecule has 2 aromatic rings. The largest absolute Gasteiger partial charge is 0.480 e. The number of nitrogens with one attached hydrogen (secondary N) is 1. The van der Waals surface area contributed by atoms with Crippen LogP contribution in [0.3, 0.4) is 0 Å². The predicted molar refractivity (Wildman–Crippen MR) is 103 cm³/mol. The fourth-order valence-electron chi connectivity index (χ4n) is 2.59. The van der Waals surface area contributed by atoms with E-state index in [-0.39, 0.29) is 0 Å². The molecule has 0 spiro atoms. The fraction of sp³-hybridized carbons (Fsp3) is 0.300. The number of carbonyl (C=O) groups is 2. The van der Waals surface area contributed by atoms with Gasteiger partial charge >= 0.3 is 5.97 Å². The number of hydrogen-bond acceptors (Lipinski definition) is 3. The summed E-state index contributed by atoms with van der Waals surface area (Å²) in [4.78, 5) is 23.7. The van der Waals surface area contributed by atoms with Crippen LogP contribution in [0.4, 0.5) is 4.39 Å². The Bertz CT molecular complexity index is 767. The van der Waals surface area contributed by atoms with Crippen molar-refractivity contribution in [1.82, 2.24) is 5.32 Å². The fourth-order valence-corrected chi connectivity index (χ4v) is 3.07. The Balaban J connectivity index is 2.13. The second kappa shape index (κ2) is 9.38. The molecule has 0 saturated carbocycles. The minimum Gasteiger partial charge on any atom is -0.480 e. The molecule has 2 rings (SSSR count). The minimum atomic E-state index is -1.06. The number of carboxylic acids is 1. The van der Waals surface area contributed by atoms with Crippen molar-refractivity contribution in [2.24, 2.45) is 0 Å². The Hall–Kier alpha value is -2.34. The summed E-state index contributed by atoms with van der Waals surface area (Å²) in [6, 6.07) is 12.9. The number of aliphatic carboxylic acids is 1. The van der Waals surface area contributed by atoms with E-state index in [9.17, 15) is 19.1 Å². The SMILES string of the molecule is CSCC[C@H](NC(=O)C(C)c1ccc(-c2ccccc2)c(F)c1)C(=O)O. The summed E-state index contributed by atoms with van der Waals surface area (Å²) in [7, 11) is 0. The lowest BCUT2D eigenvalue weighted by atomic mass is 9.96. The Morgan fingerprint density at radius 1 is 1.19 bits per heavy atom. The first-order valence-corrected chi connectivity index (χ1v) is 9.70. The number of carboxylic acid groups (broad SMARTS) is 1. The van der Waals surface area contributed by atoms with Gasteiger partial charge in [0, 0.05) is 5.56 Å². The maximum Gasteiger partial charge on any atom is 0.326 e. The molecule has 2 aromatic carbocycles. The molecule has 0 aromatic heterocycles. The number of hydrogen-bond donors (Lipinski definition) is 2. The highest BCUT2D eigenvalue weighted by Gasteiger charge is 2.24. The van der Waals surface area contributed by atoms with E-state index in [1.165, 1.54) is 17.8 Å². The first-order valence-electron chi connectivity index (χ1n) is 8.31. The molecule has 2 atom stereocenters. The summed E-state index contributed by atoms with van der Waals surface area (Å²) in [5.41, 5.74) is 1.73. The van der Waals surface area contributed by atoms with Gasteiger partial charge in [0.1, 0.15) is 11.9 Å². The van der Waals surface area contributed by atoms with Gasteiger partial charge < -0.3 is 10.4 Å². The number of rotatable bonds is 8. The average Bonchev–Trinajstić information content (AvgIpc) is 2.64. The second-order valence-electron chi connectivity index (χ2n) is 6.01. The summed E-state index contributed by atoms with van der Waals surface area (Å²) in [5, 5.41) is 11.8. The van der Waals surface area contributed by atoms with Crippen LogP contribution in [0.5, 0.6) is 0 Å². The Kier molecular flexibility index (Phi) is 7.21. The van der Waals surface area contributed by atoms with Crippen molar-refractivity contribution >= 4 is 23.6 Å². The third-order valence-corrected chi connectivity index (χ3v) is 4.84. The summed E-state index contributed by atoms with van der Waals surface area (Å²) in [6.07, 6.45) is 2.22. The molecule has 0 aliphatic heterocycles. The normalized spacial score (nSPS) is 13.0. The second-order valence-corrected chi connectivity index (χ2v) is 6.99. The monoisotopic (exact) mass is 375 g/mol. The lowest BCUT2D eigenvalue weighted by Crippen LogP contribution is -2.42. The maximum atomic E-state index is 14.5. The summed E-state index contributed by atoms with van der Waals surface area (Å²) in [5.74, 6) is -1.92. The smallest absolute Gasteiger partial charge is 0.326 e. The molecule has 6 heteroatoms. The lowest BCUT2D eigenvalue weighted by molar-refractivity contribution is -0.142. The molecule has 0 bridgehead atoms. The van der Waals surface area contributed by atoms with E-state index in [1.807, 2.05) is 36.6 Å². The molecule has 4 nitrogen and oxygen atoms in total. The topological polar surface area (TPSA) is 66.4 Å². The molecule has 1 unspecified atom stereocenters. The van der Waals surface area contributed by atoms with E-state index >= 15 is 0 Å². The summed E-state index contributed by atoms with van der Waals surface area (Å²) < 4.78 is 14.5. The van der Waals surface area contributed by atoms with Crippen LogP contribution >= 0.6 is 11.8 Å². The molecule has 0 fully saturated rings. The minimum absolute atomic E-state index is 0.344. The van der Waals surface area contributed by atoms with Crippen LogP contribution in [0.1, 0.15) is 24.8 Å². The van der Waals surface area contributed by atoms with Gasteiger partial charge in [-0.2, -0.15) is 11.8 Å². The van der Waals surface area contributed by atoms with Gasteiger partial charge in [0.05, 0.1) is 5.92 Å². The molecule has 0 aliphatic carbocycles. The van der Waals surface area contributed by atoms with E-state index in [2.05, 4.69) is 5.32 Å². The Labute approximate surface area is 156 Å². The number of carbonyl (C=O) groups excluding carboxylic acids is 1. The average molecular weight is 375 g/mol. The van der Waals surface area contributed by atoms with Gasteiger partial charge in [-0.25, -0.2) is 9.18 Å². The van der Waals surface area contributed by atoms with Crippen molar-refractivity contribution in [3.63, 3.8) is 0 Å². The van der Waals surface area contributed by atoms with Crippen molar-refractivity contribution in [1.29, 1.82) is 0 Å². The van der Waals surface area contributed by atoms with Crippen LogP contribution < -0.4 is 5.32 Å². The summed E-state index contributed by atoms with van der Waals surface area (Å²) in [6.45, 7) is 1.64. The van der Waals surface area contributed by atoms with E-state index in [1.54, 1.807) is 19.1 Å². The third-order valence-electron chi connectivity index (χ3n) is 4.20. The van der Waals surface area contributed by atoms with Gasteiger partial charge in [-0.05, 0) is 42.5 Å². The quantitative estimate of drug-likeness (QED) is 0.734. The number of halogens is 1. The van der Waals surface area contributed by atoms with Crippen molar-refractivity contribution in [2.75, 3.05) is 12.0 Å². The van der Waals surface area contributed by atoms with Crippen molar-refractivity contribution in [3.8, 4) is 11.1 Å². The molecule has 1 amide bonds. The van der Waals surface area contributed by atoms with E-state index in [4.69, 9.17) is 0 Å². The molecular formula is C20H22FNO3S. The van der Waals surface area contributed by atoms with E-state index in [0.29, 0.717) is 23.3 Å². The van der Waals surface area contributed by atoms with E-state index < -0.39 is 29.7 Å².